The standard InChI is InChI=1S/C10H10ClN3O4/c11-9-6(2-1-3-13-9)10(17)18-5-8(16)14-4-7(12)15/h1-3H,4-5H2,(H2,12,15)(H,14,16). The molecular formula is C10H10ClN3O4. The minimum Gasteiger partial charge on any atom is -0.452 e. The van der Waals surface area contributed by atoms with E-state index in [4.69, 9.17) is 17.3 Å². The average molecular weight is 272 g/mol. The van der Waals surface area contributed by atoms with E-state index in [1.807, 2.05) is 0 Å². The SMILES string of the molecule is NC(=O)CNC(=O)COC(=O)c1cccnc1Cl. The summed E-state index contributed by atoms with van der Waals surface area (Å²) >= 11 is 5.66. The lowest BCUT2D eigenvalue weighted by atomic mass is 10.3. The van der Waals surface area contributed by atoms with Crippen molar-refractivity contribution in [2.24, 2.45) is 5.73 Å². The second-order valence-corrected chi connectivity index (χ2v) is 3.52. The molecule has 96 valence electrons. The van der Waals surface area contributed by atoms with Gasteiger partial charge in [-0.05, 0) is 12.1 Å². The van der Waals surface area contributed by atoms with Gasteiger partial charge in [-0.2, -0.15) is 0 Å². The van der Waals surface area contributed by atoms with Crippen LogP contribution in [0, 0.1) is 0 Å². The molecule has 0 aliphatic carbocycles. The number of nitrogens with two attached hydrogens (primary N) is 1. The van der Waals surface area contributed by atoms with Gasteiger partial charge in [0.15, 0.2) is 6.61 Å². The molecule has 8 heteroatoms. The molecule has 0 aromatic carbocycles. The summed E-state index contributed by atoms with van der Waals surface area (Å²) in [6.07, 6.45) is 1.42. The van der Waals surface area contributed by atoms with Gasteiger partial charge in [0.25, 0.3) is 5.91 Å². The van der Waals surface area contributed by atoms with Gasteiger partial charge < -0.3 is 15.8 Å². The molecule has 0 radical (unpaired) electrons. The van der Waals surface area contributed by atoms with Crippen molar-refractivity contribution in [3.63, 3.8) is 0 Å². The van der Waals surface area contributed by atoms with Crippen molar-refractivity contribution in [3.05, 3.63) is 29.0 Å². The van der Waals surface area contributed by atoms with Gasteiger partial charge >= 0.3 is 5.97 Å². The van der Waals surface area contributed by atoms with E-state index >= 15 is 0 Å². The van der Waals surface area contributed by atoms with Crippen LogP contribution in [0.1, 0.15) is 10.4 Å². The van der Waals surface area contributed by atoms with Gasteiger partial charge in [0.05, 0.1) is 12.1 Å². The molecule has 1 heterocycles. The molecule has 0 fully saturated rings. The summed E-state index contributed by atoms with van der Waals surface area (Å²) in [6, 6.07) is 2.93. The number of nitrogens with one attached hydrogen (secondary N) is 1. The Morgan fingerprint density at radius 3 is 2.78 bits per heavy atom. The predicted molar refractivity (Wildman–Crippen MR) is 61.7 cm³/mol. The molecule has 3 N–H and O–H groups in total. The minimum atomic E-state index is -0.776. The Morgan fingerprint density at radius 1 is 1.44 bits per heavy atom. The zero-order valence-electron chi connectivity index (χ0n) is 9.18. The maximum absolute atomic E-state index is 11.5. The number of amides is 2. The molecule has 1 rings (SSSR count). The maximum Gasteiger partial charge on any atom is 0.341 e. The van der Waals surface area contributed by atoms with Crippen molar-refractivity contribution >= 4 is 29.4 Å². The van der Waals surface area contributed by atoms with Crippen molar-refractivity contribution in [1.29, 1.82) is 0 Å². The van der Waals surface area contributed by atoms with Crippen LogP contribution in [0.3, 0.4) is 0 Å². The molecule has 0 unspecified atom stereocenters. The van der Waals surface area contributed by atoms with E-state index in [1.165, 1.54) is 18.3 Å². The number of halogens is 1. The summed E-state index contributed by atoms with van der Waals surface area (Å²) < 4.78 is 4.68. The first-order valence-electron chi connectivity index (χ1n) is 4.83. The van der Waals surface area contributed by atoms with E-state index in [2.05, 4.69) is 15.0 Å². The maximum atomic E-state index is 11.5. The number of esters is 1. The Morgan fingerprint density at radius 2 is 2.17 bits per heavy atom. The number of aromatic nitrogens is 1. The molecule has 7 nitrogen and oxygen atoms in total. The van der Waals surface area contributed by atoms with Crippen LogP contribution in [-0.4, -0.2) is 35.9 Å². The number of pyridine rings is 1. The third-order valence-corrected chi connectivity index (χ3v) is 2.07. The second kappa shape index (κ2) is 6.55. The molecule has 2 amide bonds. The van der Waals surface area contributed by atoms with E-state index in [1.54, 1.807) is 0 Å². The first-order valence-corrected chi connectivity index (χ1v) is 5.21. The summed E-state index contributed by atoms with van der Waals surface area (Å²) in [7, 11) is 0. The number of ether oxygens (including phenoxy) is 1. The molecular weight excluding hydrogens is 262 g/mol. The fourth-order valence-corrected chi connectivity index (χ4v) is 1.18. The van der Waals surface area contributed by atoms with Crippen LogP contribution in [-0.2, 0) is 14.3 Å². The van der Waals surface area contributed by atoms with Gasteiger partial charge in [0.1, 0.15) is 5.15 Å². The third-order valence-electron chi connectivity index (χ3n) is 1.77. The lowest BCUT2D eigenvalue weighted by Crippen LogP contribution is -2.36. The van der Waals surface area contributed by atoms with Crippen LogP contribution in [0.2, 0.25) is 5.15 Å². The van der Waals surface area contributed by atoms with Crippen LogP contribution in [0.25, 0.3) is 0 Å². The predicted octanol–water partition coefficient (Wildman–Crippen LogP) is -0.507. The van der Waals surface area contributed by atoms with Crippen LogP contribution in [0.5, 0.6) is 0 Å². The molecule has 0 aliphatic heterocycles. The molecule has 0 aliphatic rings. The number of nitrogens with zero attached hydrogens (tertiary/aromatic N) is 1. The van der Waals surface area contributed by atoms with Crippen molar-refractivity contribution in [2.75, 3.05) is 13.2 Å². The minimum absolute atomic E-state index is 0.0138. The second-order valence-electron chi connectivity index (χ2n) is 3.16. The first kappa shape index (κ1) is 13.9. The molecule has 0 saturated carbocycles. The van der Waals surface area contributed by atoms with Crippen LogP contribution >= 0.6 is 11.6 Å². The van der Waals surface area contributed by atoms with E-state index in [9.17, 15) is 14.4 Å². The Kier molecular flexibility index (Phi) is 5.06. The first-order chi connectivity index (χ1) is 8.50. The van der Waals surface area contributed by atoms with E-state index in [0.29, 0.717) is 0 Å². The summed E-state index contributed by atoms with van der Waals surface area (Å²) in [5, 5.41) is 2.15. The molecule has 1 aromatic heterocycles. The number of hydrogen-bond acceptors (Lipinski definition) is 5. The zero-order valence-corrected chi connectivity index (χ0v) is 9.94. The molecule has 1 aromatic rings. The van der Waals surface area contributed by atoms with Gasteiger partial charge in [-0.25, -0.2) is 9.78 Å². The monoisotopic (exact) mass is 271 g/mol. The molecule has 0 bridgehead atoms. The summed E-state index contributed by atoms with van der Waals surface area (Å²) in [4.78, 5) is 36.7. The number of carbonyl (C=O) groups excluding carboxylic acids is 3. The third kappa shape index (κ3) is 4.38. The molecule has 0 saturated heterocycles. The largest absolute Gasteiger partial charge is 0.452 e. The highest BCUT2D eigenvalue weighted by Crippen LogP contribution is 2.12. The van der Waals surface area contributed by atoms with Crippen molar-refractivity contribution < 1.29 is 19.1 Å². The van der Waals surface area contributed by atoms with Crippen LogP contribution < -0.4 is 11.1 Å². The van der Waals surface area contributed by atoms with E-state index in [-0.39, 0.29) is 17.3 Å². The topological polar surface area (TPSA) is 111 Å². The highest BCUT2D eigenvalue weighted by atomic mass is 35.5. The lowest BCUT2D eigenvalue weighted by molar-refractivity contribution is -0.127. The lowest BCUT2D eigenvalue weighted by Gasteiger charge is -2.05. The number of primary amides is 1. The summed E-state index contributed by atoms with van der Waals surface area (Å²) in [5.74, 6) is -2.10. The smallest absolute Gasteiger partial charge is 0.341 e. The average Bonchev–Trinajstić information content (AvgIpc) is 2.34. The Hall–Kier alpha value is -2.15. The van der Waals surface area contributed by atoms with Crippen molar-refractivity contribution in [3.8, 4) is 0 Å². The van der Waals surface area contributed by atoms with Gasteiger partial charge in [0, 0.05) is 6.20 Å². The molecule has 18 heavy (non-hydrogen) atoms. The zero-order chi connectivity index (χ0) is 13.5. The van der Waals surface area contributed by atoms with Gasteiger partial charge in [0.2, 0.25) is 5.91 Å². The van der Waals surface area contributed by atoms with Crippen LogP contribution in [0.15, 0.2) is 18.3 Å². The Labute approximate surface area is 107 Å². The molecule has 0 spiro atoms. The van der Waals surface area contributed by atoms with Gasteiger partial charge in [-0.3, -0.25) is 9.59 Å². The number of hydrogen-bond donors (Lipinski definition) is 2. The quantitative estimate of drug-likeness (QED) is 0.553. The number of rotatable bonds is 5. The highest BCUT2D eigenvalue weighted by Gasteiger charge is 2.13. The van der Waals surface area contributed by atoms with E-state index in [0.717, 1.165) is 0 Å². The van der Waals surface area contributed by atoms with Crippen LogP contribution in [0.4, 0.5) is 0 Å². The summed E-state index contributed by atoms with van der Waals surface area (Å²) in [6.45, 7) is -0.846. The fourth-order valence-electron chi connectivity index (χ4n) is 0.984. The van der Waals surface area contributed by atoms with E-state index < -0.39 is 24.4 Å². The highest BCUT2D eigenvalue weighted by molar-refractivity contribution is 6.32. The van der Waals surface area contributed by atoms with Crippen molar-refractivity contribution in [1.82, 2.24) is 10.3 Å². The summed E-state index contributed by atoms with van der Waals surface area (Å²) in [5.41, 5.74) is 4.88. The Bertz CT molecular complexity index is 478. The van der Waals surface area contributed by atoms with Gasteiger partial charge in [-0.15, -0.1) is 0 Å². The molecule has 0 atom stereocenters. The van der Waals surface area contributed by atoms with Gasteiger partial charge in [-0.1, -0.05) is 11.6 Å². The fraction of sp³-hybridized carbons (Fsp3) is 0.200. The Balaban J connectivity index is 2.45. The normalized spacial score (nSPS) is 9.61. The van der Waals surface area contributed by atoms with Crippen molar-refractivity contribution in [2.45, 2.75) is 0 Å². The number of carbonyl (C=O) groups is 3.